The van der Waals surface area contributed by atoms with E-state index in [9.17, 15) is 0 Å². The smallest absolute Gasteiger partial charge is 0.122 e. The SMILES string of the molecule is COc1cc(C)c(C2(CC(C)C)CCCN2)cc1C. The van der Waals surface area contributed by atoms with Crippen molar-refractivity contribution < 1.29 is 4.74 Å². The minimum Gasteiger partial charge on any atom is -0.496 e. The van der Waals surface area contributed by atoms with Crippen LogP contribution in [0, 0.1) is 19.8 Å². The predicted octanol–water partition coefficient (Wildman–Crippen LogP) is 3.94. The van der Waals surface area contributed by atoms with E-state index in [2.05, 4.69) is 45.1 Å². The number of methoxy groups -OCH3 is 1. The molecule has 2 rings (SSSR count). The Kier molecular flexibility index (Phi) is 4.19. The zero-order valence-corrected chi connectivity index (χ0v) is 13.0. The molecule has 0 aromatic heterocycles. The van der Waals surface area contributed by atoms with Crippen LogP contribution < -0.4 is 10.1 Å². The molecule has 2 heteroatoms. The molecule has 1 atom stereocenters. The Morgan fingerprint density at radius 1 is 1.26 bits per heavy atom. The molecule has 0 bridgehead atoms. The molecular formula is C17H27NO. The van der Waals surface area contributed by atoms with Crippen LogP contribution in [0.2, 0.25) is 0 Å². The molecule has 1 aliphatic heterocycles. The number of nitrogens with one attached hydrogen (secondary N) is 1. The van der Waals surface area contributed by atoms with Crippen LogP contribution in [0.25, 0.3) is 0 Å². The number of aryl methyl sites for hydroxylation is 2. The van der Waals surface area contributed by atoms with Crippen molar-refractivity contribution in [2.24, 2.45) is 5.92 Å². The fourth-order valence-corrected chi connectivity index (χ4v) is 3.54. The van der Waals surface area contributed by atoms with Crippen LogP contribution in [0.5, 0.6) is 5.75 Å². The van der Waals surface area contributed by atoms with E-state index in [0.717, 1.165) is 12.3 Å². The first-order chi connectivity index (χ1) is 8.98. The van der Waals surface area contributed by atoms with Crippen LogP contribution in [-0.4, -0.2) is 13.7 Å². The van der Waals surface area contributed by atoms with E-state index in [-0.39, 0.29) is 5.54 Å². The first-order valence-electron chi connectivity index (χ1n) is 7.39. The predicted molar refractivity (Wildman–Crippen MR) is 80.8 cm³/mol. The van der Waals surface area contributed by atoms with E-state index in [1.54, 1.807) is 7.11 Å². The number of hydrogen-bond donors (Lipinski definition) is 1. The first-order valence-corrected chi connectivity index (χ1v) is 7.39. The van der Waals surface area contributed by atoms with Gasteiger partial charge in [-0.1, -0.05) is 19.9 Å². The van der Waals surface area contributed by atoms with Gasteiger partial charge in [-0.15, -0.1) is 0 Å². The number of rotatable bonds is 4. The van der Waals surface area contributed by atoms with E-state index in [1.165, 1.54) is 36.0 Å². The van der Waals surface area contributed by atoms with Crippen LogP contribution in [0.15, 0.2) is 12.1 Å². The lowest BCUT2D eigenvalue weighted by atomic mass is 9.78. The first kappa shape index (κ1) is 14.4. The third kappa shape index (κ3) is 2.79. The van der Waals surface area contributed by atoms with Crippen LogP contribution in [0.3, 0.4) is 0 Å². The van der Waals surface area contributed by atoms with Gasteiger partial charge in [0.25, 0.3) is 0 Å². The minimum absolute atomic E-state index is 0.176. The van der Waals surface area contributed by atoms with Gasteiger partial charge in [0.05, 0.1) is 7.11 Å². The van der Waals surface area contributed by atoms with Gasteiger partial charge in [0, 0.05) is 5.54 Å². The molecule has 1 aliphatic rings. The van der Waals surface area contributed by atoms with Gasteiger partial charge in [0.15, 0.2) is 0 Å². The Hall–Kier alpha value is -1.02. The molecule has 1 unspecified atom stereocenters. The van der Waals surface area contributed by atoms with Gasteiger partial charge in [-0.25, -0.2) is 0 Å². The summed E-state index contributed by atoms with van der Waals surface area (Å²) in [4.78, 5) is 0. The molecule has 1 saturated heterocycles. The largest absolute Gasteiger partial charge is 0.496 e. The Balaban J connectivity index is 2.45. The van der Waals surface area contributed by atoms with Crippen molar-refractivity contribution in [3.05, 3.63) is 28.8 Å². The van der Waals surface area contributed by atoms with E-state index in [4.69, 9.17) is 4.74 Å². The maximum Gasteiger partial charge on any atom is 0.122 e. The van der Waals surface area contributed by atoms with Crippen molar-refractivity contribution in [2.75, 3.05) is 13.7 Å². The molecule has 0 amide bonds. The minimum atomic E-state index is 0.176. The molecule has 19 heavy (non-hydrogen) atoms. The van der Waals surface area contributed by atoms with Gasteiger partial charge in [0.1, 0.15) is 5.75 Å². The Morgan fingerprint density at radius 3 is 2.53 bits per heavy atom. The molecule has 1 aromatic rings. The highest BCUT2D eigenvalue weighted by molar-refractivity contribution is 5.45. The third-order valence-corrected chi connectivity index (χ3v) is 4.26. The molecule has 106 valence electrons. The van der Waals surface area contributed by atoms with Crippen molar-refractivity contribution >= 4 is 0 Å². The van der Waals surface area contributed by atoms with Crippen LogP contribution in [0.1, 0.15) is 49.8 Å². The fraction of sp³-hybridized carbons (Fsp3) is 0.647. The van der Waals surface area contributed by atoms with E-state index in [1.807, 2.05) is 0 Å². The van der Waals surface area contributed by atoms with E-state index >= 15 is 0 Å². The van der Waals surface area contributed by atoms with Crippen molar-refractivity contribution in [1.29, 1.82) is 0 Å². The molecule has 1 N–H and O–H groups in total. The summed E-state index contributed by atoms with van der Waals surface area (Å²) in [7, 11) is 1.75. The van der Waals surface area contributed by atoms with Gasteiger partial charge in [-0.3, -0.25) is 0 Å². The number of ether oxygens (including phenoxy) is 1. The van der Waals surface area contributed by atoms with Crippen LogP contribution in [-0.2, 0) is 5.54 Å². The molecule has 2 nitrogen and oxygen atoms in total. The standard InChI is InChI=1S/C17H27NO/c1-12(2)11-17(7-6-8-18-17)15-9-14(4)16(19-5)10-13(15)3/h9-10,12,18H,6-8,11H2,1-5H3. The monoisotopic (exact) mass is 261 g/mol. The summed E-state index contributed by atoms with van der Waals surface area (Å²) in [5.74, 6) is 1.70. The molecule has 0 spiro atoms. The summed E-state index contributed by atoms with van der Waals surface area (Å²) in [6, 6.07) is 4.52. The summed E-state index contributed by atoms with van der Waals surface area (Å²) in [5.41, 5.74) is 4.23. The lowest BCUT2D eigenvalue weighted by Gasteiger charge is -2.34. The Labute approximate surface area is 117 Å². The van der Waals surface area contributed by atoms with Gasteiger partial charge < -0.3 is 10.1 Å². The molecule has 1 heterocycles. The van der Waals surface area contributed by atoms with Gasteiger partial charge >= 0.3 is 0 Å². The van der Waals surface area contributed by atoms with Crippen molar-refractivity contribution in [1.82, 2.24) is 5.32 Å². The fourth-order valence-electron chi connectivity index (χ4n) is 3.54. The van der Waals surface area contributed by atoms with Gasteiger partial charge in [-0.2, -0.15) is 0 Å². The molecule has 0 aliphatic carbocycles. The van der Waals surface area contributed by atoms with Crippen molar-refractivity contribution in [3.63, 3.8) is 0 Å². The lowest BCUT2D eigenvalue weighted by Crippen LogP contribution is -2.38. The normalized spacial score (nSPS) is 23.1. The maximum atomic E-state index is 5.44. The quantitative estimate of drug-likeness (QED) is 0.886. The summed E-state index contributed by atoms with van der Waals surface area (Å²) >= 11 is 0. The Morgan fingerprint density at radius 2 is 2.00 bits per heavy atom. The van der Waals surface area contributed by atoms with E-state index in [0.29, 0.717) is 5.92 Å². The van der Waals surface area contributed by atoms with Crippen LogP contribution >= 0.6 is 0 Å². The maximum absolute atomic E-state index is 5.44. The molecule has 0 saturated carbocycles. The Bertz CT molecular complexity index is 445. The third-order valence-electron chi connectivity index (χ3n) is 4.26. The average molecular weight is 261 g/mol. The highest BCUT2D eigenvalue weighted by Crippen LogP contribution is 2.40. The zero-order valence-electron chi connectivity index (χ0n) is 13.0. The number of benzene rings is 1. The molecule has 1 fully saturated rings. The highest BCUT2D eigenvalue weighted by atomic mass is 16.5. The van der Waals surface area contributed by atoms with Crippen molar-refractivity contribution in [2.45, 2.75) is 52.5 Å². The topological polar surface area (TPSA) is 21.3 Å². The van der Waals surface area contributed by atoms with Gasteiger partial charge in [0.2, 0.25) is 0 Å². The molecule has 0 radical (unpaired) electrons. The second kappa shape index (κ2) is 5.54. The summed E-state index contributed by atoms with van der Waals surface area (Å²) in [6.07, 6.45) is 3.73. The summed E-state index contributed by atoms with van der Waals surface area (Å²) in [6.45, 7) is 10.1. The van der Waals surface area contributed by atoms with Crippen molar-refractivity contribution in [3.8, 4) is 5.75 Å². The molecule has 1 aromatic carbocycles. The zero-order chi connectivity index (χ0) is 14.0. The van der Waals surface area contributed by atoms with Gasteiger partial charge in [-0.05, 0) is 68.3 Å². The lowest BCUT2D eigenvalue weighted by molar-refractivity contribution is 0.309. The second-order valence-corrected chi connectivity index (χ2v) is 6.35. The second-order valence-electron chi connectivity index (χ2n) is 6.35. The summed E-state index contributed by atoms with van der Waals surface area (Å²) in [5, 5.41) is 3.78. The number of hydrogen-bond acceptors (Lipinski definition) is 2. The van der Waals surface area contributed by atoms with E-state index < -0.39 is 0 Å². The summed E-state index contributed by atoms with van der Waals surface area (Å²) < 4.78 is 5.44. The molecular weight excluding hydrogens is 234 g/mol. The highest BCUT2D eigenvalue weighted by Gasteiger charge is 2.37. The average Bonchev–Trinajstić information content (AvgIpc) is 2.80. The van der Waals surface area contributed by atoms with Crippen LogP contribution in [0.4, 0.5) is 0 Å².